The highest BCUT2D eigenvalue weighted by Crippen LogP contribution is 2.35. The molecule has 2 nitrogen and oxygen atoms in total. The number of ether oxygens (including phenoxy) is 1. The first-order chi connectivity index (χ1) is 8.31. The summed E-state index contributed by atoms with van der Waals surface area (Å²) in [5, 5.41) is 3.75. The molecule has 1 N–H and O–H groups in total. The van der Waals surface area contributed by atoms with E-state index in [0.717, 1.165) is 25.3 Å². The predicted octanol–water partition coefficient (Wildman–Crippen LogP) is 3.04. The topological polar surface area (TPSA) is 21.3 Å². The van der Waals surface area contributed by atoms with E-state index < -0.39 is 0 Å². The molecule has 0 atom stereocenters. The molecular formula is C15H21NO. The van der Waals surface area contributed by atoms with Crippen LogP contribution in [0.5, 0.6) is 5.75 Å². The largest absolute Gasteiger partial charge is 0.493 e. The van der Waals surface area contributed by atoms with Gasteiger partial charge in [-0.3, -0.25) is 0 Å². The van der Waals surface area contributed by atoms with Gasteiger partial charge in [0, 0.05) is 18.5 Å². The number of hydrogen-bond donors (Lipinski definition) is 1. The van der Waals surface area contributed by atoms with Crippen molar-refractivity contribution in [2.24, 2.45) is 0 Å². The second-order valence-corrected chi connectivity index (χ2v) is 5.38. The van der Waals surface area contributed by atoms with Crippen molar-refractivity contribution in [1.82, 2.24) is 5.32 Å². The molecule has 1 aliphatic heterocycles. The Labute approximate surface area is 103 Å². The summed E-state index contributed by atoms with van der Waals surface area (Å²) in [6.07, 6.45) is 6.40. The molecule has 1 aromatic rings. The zero-order valence-corrected chi connectivity index (χ0v) is 10.6. The summed E-state index contributed by atoms with van der Waals surface area (Å²) < 4.78 is 5.53. The van der Waals surface area contributed by atoms with E-state index in [-0.39, 0.29) is 0 Å². The lowest BCUT2D eigenvalue weighted by atomic mass is 9.75. The summed E-state index contributed by atoms with van der Waals surface area (Å²) in [4.78, 5) is 0. The maximum Gasteiger partial charge on any atom is 0.122 e. The SMILES string of the molecule is CCC1(NCc2ccc3c(c2)CCO3)CCC1. The van der Waals surface area contributed by atoms with E-state index in [4.69, 9.17) is 4.74 Å². The maximum atomic E-state index is 5.53. The Hall–Kier alpha value is -1.02. The fourth-order valence-corrected chi connectivity index (χ4v) is 2.90. The average molecular weight is 231 g/mol. The van der Waals surface area contributed by atoms with E-state index in [1.165, 1.54) is 36.8 Å². The van der Waals surface area contributed by atoms with Gasteiger partial charge in [-0.05, 0) is 42.9 Å². The third-order valence-electron chi connectivity index (χ3n) is 4.41. The summed E-state index contributed by atoms with van der Waals surface area (Å²) in [6, 6.07) is 6.62. The van der Waals surface area contributed by atoms with Crippen LogP contribution in [0.2, 0.25) is 0 Å². The first kappa shape index (κ1) is 11.1. The molecule has 0 bridgehead atoms. The number of nitrogens with one attached hydrogen (secondary N) is 1. The minimum atomic E-state index is 0.440. The molecule has 0 radical (unpaired) electrons. The zero-order valence-electron chi connectivity index (χ0n) is 10.6. The molecule has 1 heterocycles. The van der Waals surface area contributed by atoms with Crippen LogP contribution in [0, 0.1) is 0 Å². The summed E-state index contributed by atoms with van der Waals surface area (Å²) >= 11 is 0. The number of benzene rings is 1. The molecule has 0 unspecified atom stereocenters. The van der Waals surface area contributed by atoms with Gasteiger partial charge in [0.2, 0.25) is 0 Å². The van der Waals surface area contributed by atoms with Crippen LogP contribution in [-0.4, -0.2) is 12.1 Å². The highest BCUT2D eigenvalue weighted by molar-refractivity contribution is 5.39. The number of hydrogen-bond acceptors (Lipinski definition) is 2. The molecule has 2 heteroatoms. The van der Waals surface area contributed by atoms with Crippen LogP contribution < -0.4 is 10.1 Å². The second kappa shape index (κ2) is 4.34. The van der Waals surface area contributed by atoms with Crippen molar-refractivity contribution in [3.05, 3.63) is 29.3 Å². The van der Waals surface area contributed by atoms with E-state index in [0.29, 0.717) is 5.54 Å². The molecule has 0 aromatic heterocycles. The molecule has 17 heavy (non-hydrogen) atoms. The summed E-state index contributed by atoms with van der Waals surface area (Å²) in [5.41, 5.74) is 3.22. The number of fused-ring (bicyclic) bond motifs is 1. The summed E-state index contributed by atoms with van der Waals surface area (Å²) in [7, 11) is 0. The van der Waals surface area contributed by atoms with Gasteiger partial charge in [0.05, 0.1) is 6.61 Å². The van der Waals surface area contributed by atoms with Gasteiger partial charge < -0.3 is 10.1 Å². The molecule has 0 spiro atoms. The van der Waals surface area contributed by atoms with Crippen molar-refractivity contribution in [3.63, 3.8) is 0 Å². The molecular weight excluding hydrogens is 210 g/mol. The Bertz CT molecular complexity index is 404. The van der Waals surface area contributed by atoms with Gasteiger partial charge in [-0.1, -0.05) is 19.1 Å². The molecule has 2 aliphatic rings. The lowest BCUT2D eigenvalue weighted by Crippen LogP contribution is -2.49. The Morgan fingerprint density at radius 2 is 2.24 bits per heavy atom. The minimum Gasteiger partial charge on any atom is -0.493 e. The Kier molecular flexibility index (Phi) is 2.83. The lowest BCUT2D eigenvalue weighted by Gasteiger charge is -2.42. The third kappa shape index (κ3) is 2.06. The molecule has 0 saturated heterocycles. The van der Waals surface area contributed by atoms with E-state index >= 15 is 0 Å². The Morgan fingerprint density at radius 3 is 2.94 bits per heavy atom. The van der Waals surface area contributed by atoms with Crippen molar-refractivity contribution in [2.45, 2.75) is 51.1 Å². The quantitative estimate of drug-likeness (QED) is 0.860. The maximum absolute atomic E-state index is 5.53. The van der Waals surface area contributed by atoms with Gasteiger partial charge >= 0.3 is 0 Å². The van der Waals surface area contributed by atoms with Crippen LogP contribution in [-0.2, 0) is 13.0 Å². The molecule has 1 saturated carbocycles. The van der Waals surface area contributed by atoms with Gasteiger partial charge in [-0.25, -0.2) is 0 Å². The highest BCUT2D eigenvalue weighted by atomic mass is 16.5. The van der Waals surface area contributed by atoms with Crippen molar-refractivity contribution in [3.8, 4) is 5.75 Å². The van der Waals surface area contributed by atoms with E-state index in [1.54, 1.807) is 0 Å². The van der Waals surface area contributed by atoms with Gasteiger partial charge in [0.1, 0.15) is 5.75 Å². The van der Waals surface area contributed by atoms with Crippen LogP contribution in [0.1, 0.15) is 43.7 Å². The predicted molar refractivity (Wildman–Crippen MR) is 69.4 cm³/mol. The molecule has 1 aliphatic carbocycles. The van der Waals surface area contributed by atoms with Crippen LogP contribution in [0.25, 0.3) is 0 Å². The highest BCUT2D eigenvalue weighted by Gasteiger charge is 2.34. The average Bonchev–Trinajstić information content (AvgIpc) is 2.75. The minimum absolute atomic E-state index is 0.440. The fraction of sp³-hybridized carbons (Fsp3) is 0.600. The van der Waals surface area contributed by atoms with E-state index in [9.17, 15) is 0 Å². The van der Waals surface area contributed by atoms with Crippen LogP contribution in [0.3, 0.4) is 0 Å². The first-order valence-electron chi connectivity index (χ1n) is 6.81. The van der Waals surface area contributed by atoms with Crippen molar-refractivity contribution < 1.29 is 4.74 Å². The van der Waals surface area contributed by atoms with Gasteiger partial charge in [-0.2, -0.15) is 0 Å². The molecule has 3 rings (SSSR count). The smallest absolute Gasteiger partial charge is 0.122 e. The van der Waals surface area contributed by atoms with Crippen LogP contribution >= 0.6 is 0 Å². The monoisotopic (exact) mass is 231 g/mol. The second-order valence-electron chi connectivity index (χ2n) is 5.38. The third-order valence-corrected chi connectivity index (χ3v) is 4.41. The van der Waals surface area contributed by atoms with E-state index in [2.05, 4.69) is 30.4 Å². The standard InChI is InChI=1S/C15H21NO/c1-2-15(7-3-8-15)16-11-12-4-5-14-13(10-12)6-9-17-14/h4-5,10,16H,2-3,6-9,11H2,1H3. The molecule has 0 amide bonds. The van der Waals surface area contributed by atoms with Crippen molar-refractivity contribution >= 4 is 0 Å². The van der Waals surface area contributed by atoms with Crippen molar-refractivity contribution in [2.75, 3.05) is 6.61 Å². The molecule has 1 fully saturated rings. The van der Waals surface area contributed by atoms with Crippen LogP contribution in [0.15, 0.2) is 18.2 Å². The summed E-state index contributed by atoms with van der Waals surface area (Å²) in [5.74, 6) is 1.09. The van der Waals surface area contributed by atoms with Gasteiger partial charge in [0.25, 0.3) is 0 Å². The van der Waals surface area contributed by atoms with Gasteiger partial charge in [0.15, 0.2) is 0 Å². The first-order valence-corrected chi connectivity index (χ1v) is 6.81. The lowest BCUT2D eigenvalue weighted by molar-refractivity contribution is 0.175. The Balaban J connectivity index is 1.65. The van der Waals surface area contributed by atoms with Crippen molar-refractivity contribution in [1.29, 1.82) is 0 Å². The fourth-order valence-electron chi connectivity index (χ4n) is 2.90. The summed E-state index contributed by atoms with van der Waals surface area (Å²) in [6.45, 7) is 4.15. The van der Waals surface area contributed by atoms with E-state index in [1.807, 2.05) is 0 Å². The van der Waals surface area contributed by atoms with Crippen LogP contribution in [0.4, 0.5) is 0 Å². The number of rotatable bonds is 4. The molecule has 1 aromatic carbocycles. The van der Waals surface area contributed by atoms with Gasteiger partial charge in [-0.15, -0.1) is 0 Å². The molecule has 92 valence electrons. The normalized spacial score (nSPS) is 20.5. The zero-order chi connectivity index (χ0) is 11.7. The Morgan fingerprint density at radius 1 is 1.35 bits per heavy atom.